The Morgan fingerprint density at radius 1 is 1.50 bits per heavy atom. The van der Waals surface area contributed by atoms with Crippen LogP contribution in [0.5, 0.6) is 0 Å². The van der Waals surface area contributed by atoms with Gasteiger partial charge in [-0.3, -0.25) is 4.79 Å². The zero-order valence-electron chi connectivity index (χ0n) is 14.1. The number of nitrogens with zero attached hydrogens (tertiary/aromatic N) is 1. The van der Waals surface area contributed by atoms with Gasteiger partial charge in [-0.25, -0.2) is 0 Å². The van der Waals surface area contributed by atoms with Gasteiger partial charge in [0.15, 0.2) is 11.5 Å². The summed E-state index contributed by atoms with van der Waals surface area (Å²) in [4.78, 5) is 12.1. The summed E-state index contributed by atoms with van der Waals surface area (Å²) in [6, 6.07) is 1.76. The Bertz CT molecular complexity index is 461. The molecule has 6 nitrogen and oxygen atoms in total. The molecule has 0 radical (unpaired) electrons. The Morgan fingerprint density at radius 3 is 2.77 bits per heavy atom. The number of aliphatic hydroxyl groups excluding tert-OH is 1. The van der Waals surface area contributed by atoms with Gasteiger partial charge in [0.2, 0.25) is 0 Å². The van der Waals surface area contributed by atoms with Crippen molar-refractivity contribution in [3.63, 3.8) is 0 Å². The van der Waals surface area contributed by atoms with Gasteiger partial charge >= 0.3 is 0 Å². The van der Waals surface area contributed by atoms with Crippen molar-refractivity contribution in [2.24, 2.45) is 5.41 Å². The van der Waals surface area contributed by atoms with E-state index < -0.39 is 0 Å². The molecule has 0 saturated carbocycles. The van der Waals surface area contributed by atoms with E-state index in [1.165, 1.54) is 12.5 Å². The van der Waals surface area contributed by atoms with Gasteiger partial charge in [-0.15, -0.1) is 0 Å². The van der Waals surface area contributed by atoms with E-state index in [0.29, 0.717) is 12.6 Å². The van der Waals surface area contributed by atoms with Crippen LogP contribution in [0.25, 0.3) is 0 Å². The third kappa shape index (κ3) is 5.10. The fourth-order valence-corrected chi connectivity index (χ4v) is 2.19. The molecule has 6 heteroatoms. The van der Waals surface area contributed by atoms with E-state index in [1.807, 2.05) is 0 Å². The highest BCUT2D eigenvalue weighted by atomic mass is 16.5. The summed E-state index contributed by atoms with van der Waals surface area (Å²) < 4.78 is 4.83. The van der Waals surface area contributed by atoms with E-state index in [4.69, 9.17) is 9.63 Å². The molecular formula is C16H29N3O3. The summed E-state index contributed by atoms with van der Waals surface area (Å²) in [5.41, 5.74) is 0.168. The van der Waals surface area contributed by atoms with Crippen LogP contribution in [-0.4, -0.2) is 35.3 Å². The lowest BCUT2D eigenvalue weighted by atomic mass is 9.80. The molecule has 0 aliphatic heterocycles. The van der Waals surface area contributed by atoms with E-state index in [1.54, 1.807) is 0 Å². The van der Waals surface area contributed by atoms with E-state index in [0.717, 1.165) is 19.4 Å². The van der Waals surface area contributed by atoms with Gasteiger partial charge in [0.25, 0.3) is 5.91 Å². The minimum atomic E-state index is -0.274. The van der Waals surface area contributed by atoms with Crippen LogP contribution >= 0.6 is 0 Å². The van der Waals surface area contributed by atoms with E-state index in [9.17, 15) is 4.79 Å². The summed E-state index contributed by atoms with van der Waals surface area (Å²) in [5.74, 6) is 0.0156. The zero-order valence-corrected chi connectivity index (χ0v) is 14.1. The number of aliphatic hydroxyl groups is 1. The molecule has 0 bridgehead atoms. The largest absolute Gasteiger partial charge is 0.388 e. The molecule has 0 spiro atoms. The number of nitrogens with one attached hydrogen (secondary N) is 2. The van der Waals surface area contributed by atoms with Crippen molar-refractivity contribution in [3.05, 3.63) is 17.5 Å². The lowest BCUT2D eigenvalue weighted by Crippen LogP contribution is -2.48. The predicted octanol–water partition coefficient (Wildman–Crippen LogP) is 2.09. The van der Waals surface area contributed by atoms with Crippen LogP contribution in [0.2, 0.25) is 0 Å². The average molecular weight is 311 g/mol. The summed E-state index contributed by atoms with van der Waals surface area (Å²) in [7, 11) is 0. The van der Waals surface area contributed by atoms with Crippen LogP contribution < -0.4 is 10.6 Å². The molecule has 22 heavy (non-hydrogen) atoms. The molecule has 0 aromatic carbocycles. The highest BCUT2D eigenvalue weighted by molar-refractivity contribution is 5.92. The Labute approximate surface area is 132 Å². The topological polar surface area (TPSA) is 87.4 Å². The normalized spacial score (nSPS) is 15.3. The molecule has 0 fully saturated rings. The number of hydrogen-bond donors (Lipinski definition) is 3. The Kier molecular flexibility index (Phi) is 7.55. The monoisotopic (exact) mass is 311 g/mol. The number of rotatable bonds is 10. The molecule has 2 unspecified atom stereocenters. The van der Waals surface area contributed by atoms with Crippen molar-refractivity contribution >= 4 is 5.91 Å². The van der Waals surface area contributed by atoms with Crippen molar-refractivity contribution in [2.45, 2.75) is 59.6 Å². The first-order valence-electron chi connectivity index (χ1n) is 8.04. The zero-order chi connectivity index (χ0) is 16.6. The standard InChI is InChI=1S/C16H29N3O3/c1-5-7-8-17-12(3)16(4,6-2)11-18-15(21)14-9-13(10-20)22-19-14/h9,12,17,20H,5-8,10-11H2,1-4H3,(H,18,21). The molecule has 1 amide bonds. The molecule has 1 heterocycles. The van der Waals surface area contributed by atoms with Gasteiger partial charge in [-0.1, -0.05) is 32.3 Å². The Hall–Kier alpha value is -1.40. The van der Waals surface area contributed by atoms with Gasteiger partial charge in [-0.05, 0) is 31.7 Å². The minimum Gasteiger partial charge on any atom is -0.388 e. The molecule has 3 N–H and O–H groups in total. The summed E-state index contributed by atoms with van der Waals surface area (Å²) in [6.07, 6.45) is 3.27. The molecule has 0 saturated heterocycles. The highest BCUT2D eigenvalue weighted by Gasteiger charge is 2.30. The second kappa shape index (κ2) is 8.90. The molecule has 0 aliphatic rings. The molecule has 0 aliphatic carbocycles. The van der Waals surface area contributed by atoms with Crippen LogP contribution in [0.3, 0.4) is 0 Å². The molecule has 2 atom stereocenters. The first kappa shape index (κ1) is 18.6. The van der Waals surface area contributed by atoms with Gasteiger partial charge in [0.05, 0.1) is 0 Å². The second-order valence-corrected chi connectivity index (χ2v) is 6.06. The van der Waals surface area contributed by atoms with Crippen LogP contribution in [0.4, 0.5) is 0 Å². The third-order valence-electron chi connectivity index (χ3n) is 4.43. The van der Waals surface area contributed by atoms with Crippen LogP contribution in [0.1, 0.15) is 63.2 Å². The molecular weight excluding hydrogens is 282 g/mol. The van der Waals surface area contributed by atoms with E-state index in [2.05, 4.69) is 43.5 Å². The van der Waals surface area contributed by atoms with Crippen molar-refractivity contribution in [3.8, 4) is 0 Å². The fraction of sp³-hybridized carbons (Fsp3) is 0.750. The summed E-state index contributed by atoms with van der Waals surface area (Å²) in [5, 5.41) is 19.0. The maximum absolute atomic E-state index is 12.1. The van der Waals surface area contributed by atoms with Crippen molar-refractivity contribution in [2.75, 3.05) is 13.1 Å². The van der Waals surface area contributed by atoms with Gasteiger partial charge in [0.1, 0.15) is 6.61 Å². The van der Waals surface area contributed by atoms with Crippen LogP contribution in [0, 0.1) is 5.41 Å². The van der Waals surface area contributed by atoms with E-state index in [-0.39, 0.29) is 29.4 Å². The second-order valence-electron chi connectivity index (χ2n) is 6.06. The SMILES string of the molecule is CCCCNC(C)C(C)(CC)CNC(=O)c1cc(CO)on1. The Balaban J connectivity index is 2.55. The summed E-state index contributed by atoms with van der Waals surface area (Å²) >= 11 is 0. The number of hydrogen-bond acceptors (Lipinski definition) is 5. The highest BCUT2D eigenvalue weighted by Crippen LogP contribution is 2.25. The predicted molar refractivity (Wildman–Crippen MR) is 85.5 cm³/mol. The molecule has 1 rings (SSSR count). The summed E-state index contributed by atoms with van der Waals surface area (Å²) in [6.45, 7) is 9.91. The first-order valence-corrected chi connectivity index (χ1v) is 8.04. The quantitative estimate of drug-likeness (QED) is 0.576. The Morgan fingerprint density at radius 2 is 2.23 bits per heavy atom. The number of carbonyl (C=O) groups is 1. The molecule has 126 valence electrons. The fourth-order valence-electron chi connectivity index (χ4n) is 2.19. The van der Waals surface area contributed by atoms with Crippen LogP contribution in [0.15, 0.2) is 10.6 Å². The number of carbonyl (C=O) groups excluding carboxylic acids is 1. The number of aromatic nitrogens is 1. The van der Waals surface area contributed by atoms with Crippen LogP contribution in [-0.2, 0) is 6.61 Å². The van der Waals surface area contributed by atoms with E-state index >= 15 is 0 Å². The maximum Gasteiger partial charge on any atom is 0.273 e. The lowest BCUT2D eigenvalue weighted by molar-refractivity contribution is 0.0910. The first-order chi connectivity index (χ1) is 10.5. The molecule has 1 aromatic rings. The van der Waals surface area contributed by atoms with Gasteiger partial charge < -0.3 is 20.3 Å². The van der Waals surface area contributed by atoms with Crippen molar-refractivity contribution in [1.82, 2.24) is 15.8 Å². The number of amides is 1. The maximum atomic E-state index is 12.1. The molecule has 1 aromatic heterocycles. The van der Waals surface area contributed by atoms with Crippen molar-refractivity contribution in [1.29, 1.82) is 0 Å². The van der Waals surface area contributed by atoms with Gasteiger partial charge in [0, 0.05) is 18.7 Å². The minimum absolute atomic E-state index is 0.0348. The third-order valence-corrected chi connectivity index (χ3v) is 4.43. The number of unbranched alkanes of at least 4 members (excludes halogenated alkanes) is 1. The van der Waals surface area contributed by atoms with Crippen molar-refractivity contribution < 1.29 is 14.4 Å². The average Bonchev–Trinajstić information content (AvgIpc) is 3.01. The lowest BCUT2D eigenvalue weighted by Gasteiger charge is -2.35. The smallest absolute Gasteiger partial charge is 0.273 e. The van der Waals surface area contributed by atoms with Gasteiger partial charge in [-0.2, -0.15) is 0 Å².